The molecule has 1 aliphatic heterocycles. The van der Waals surface area contributed by atoms with E-state index in [9.17, 15) is 4.79 Å². The molecule has 2 aliphatic carbocycles. The second kappa shape index (κ2) is 4.22. The van der Waals surface area contributed by atoms with Gasteiger partial charge in [0.2, 0.25) is 0 Å². The molecule has 0 bridgehead atoms. The molecule has 0 saturated carbocycles. The normalized spacial score (nSPS) is 30.1. The Kier molecular flexibility index (Phi) is 2.64. The zero-order valence-corrected chi connectivity index (χ0v) is 13.1. The minimum absolute atomic E-state index is 0.0149. The Morgan fingerprint density at radius 2 is 2.00 bits per heavy atom. The summed E-state index contributed by atoms with van der Waals surface area (Å²) < 4.78 is 6.32. The Morgan fingerprint density at radius 3 is 2.81 bits per heavy atom. The highest BCUT2D eigenvalue weighted by atomic mass is 16.5. The van der Waals surface area contributed by atoms with Crippen LogP contribution < -0.4 is 4.74 Å². The van der Waals surface area contributed by atoms with Crippen LogP contribution in [0.2, 0.25) is 0 Å². The van der Waals surface area contributed by atoms with E-state index < -0.39 is 0 Å². The summed E-state index contributed by atoms with van der Waals surface area (Å²) in [7, 11) is 0. The molecule has 0 amide bonds. The zero-order chi connectivity index (χ0) is 14.8. The number of Topliss-reactive ketones (excluding diaryl/α,β-unsaturated/α-hetero) is 1. The number of carbonyl (C=O) groups excluding carboxylic acids is 1. The quantitative estimate of drug-likeness (QED) is 0.720. The summed E-state index contributed by atoms with van der Waals surface area (Å²) in [5.41, 5.74) is 6.38. The molecule has 2 nitrogen and oxygen atoms in total. The van der Waals surface area contributed by atoms with E-state index in [1.165, 1.54) is 35.1 Å². The fourth-order valence-electron chi connectivity index (χ4n) is 4.65. The van der Waals surface area contributed by atoms with Gasteiger partial charge in [0.1, 0.15) is 11.9 Å². The van der Waals surface area contributed by atoms with E-state index in [1.807, 2.05) is 6.92 Å². The average Bonchev–Trinajstić information content (AvgIpc) is 2.62. The molecule has 0 aromatic heterocycles. The standard InChI is InChI=1S/C19H22O2/c1-11-8-12(2)18-17-14(11)6-4-5-7-19(17)10-13(3)15(20)9-16(19)21-18/h8,10,16H,4-7,9H2,1-3H3. The van der Waals surface area contributed by atoms with E-state index in [0.717, 1.165) is 24.2 Å². The van der Waals surface area contributed by atoms with Crippen molar-refractivity contribution in [1.82, 2.24) is 0 Å². The van der Waals surface area contributed by atoms with Crippen LogP contribution in [0.1, 0.15) is 54.9 Å². The molecule has 0 N–H and O–H groups in total. The van der Waals surface area contributed by atoms with Crippen molar-refractivity contribution in [2.75, 3.05) is 0 Å². The Hall–Kier alpha value is -1.57. The highest BCUT2D eigenvalue weighted by Crippen LogP contribution is 2.55. The van der Waals surface area contributed by atoms with Gasteiger partial charge in [-0.05, 0) is 62.3 Å². The summed E-state index contributed by atoms with van der Waals surface area (Å²) in [6.45, 7) is 6.33. The minimum Gasteiger partial charge on any atom is -0.488 e. The monoisotopic (exact) mass is 282 g/mol. The second-order valence-electron chi connectivity index (χ2n) is 7.00. The van der Waals surface area contributed by atoms with Gasteiger partial charge in [-0.3, -0.25) is 4.79 Å². The fourth-order valence-corrected chi connectivity index (χ4v) is 4.65. The number of ether oxygens (including phenoxy) is 1. The highest BCUT2D eigenvalue weighted by Gasteiger charge is 2.52. The third kappa shape index (κ3) is 1.62. The molecular weight excluding hydrogens is 260 g/mol. The van der Waals surface area contributed by atoms with Crippen molar-refractivity contribution in [2.24, 2.45) is 0 Å². The van der Waals surface area contributed by atoms with Crippen LogP contribution >= 0.6 is 0 Å². The molecule has 1 aromatic carbocycles. The number of hydrogen-bond acceptors (Lipinski definition) is 2. The summed E-state index contributed by atoms with van der Waals surface area (Å²) in [4.78, 5) is 12.1. The lowest BCUT2D eigenvalue weighted by Gasteiger charge is -2.35. The molecule has 0 saturated heterocycles. The summed E-state index contributed by atoms with van der Waals surface area (Å²) >= 11 is 0. The summed E-state index contributed by atoms with van der Waals surface area (Å²) in [5.74, 6) is 1.32. The second-order valence-corrected chi connectivity index (χ2v) is 7.00. The molecule has 2 atom stereocenters. The van der Waals surface area contributed by atoms with E-state index in [1.54, 1.807) is 0 Å². The fraction of sp³-hybridized carbons (Fsp3) is 0.526. The topological polar surface area (TPSA) is 26.3 Å². The molecular formula is C19H22O2. The summed E-state index contributed by atoms with van der Waals surface area (Å²) in [6.07, 6.45) is 7.51. The van der Waals surface area contributed by atoms with E-state index in [4.69, 9.17) is 4.74 Å². The highest BCUT2D eigenvalue weighted by molar-refractivity contribution is 5.97. The van der Waals surface area contributed by atoms with Crippen LogP contribution in [0.15, 0.2) is 17.7 Å². The first kappa shape index (κ1) is 13.1. The van der Waals surface area contributed by atoms with Crippen LogP contribution in [0.5, 0.6) is 5.75 Å². The Bertz CT molecular complexity index is 683. The predicted octanol–water partition coefficient (Wildman–Crippen LogP) is 3.95. The van der Waals surface area contributed by atoms with Crippen molar-refractivity contribution in [1.29, 1.82) is 0 Å². The molecule has 1 aromatic rings. The average molecular weight is 282 g/mol. The molecule has 21 heavy (non-hydrogen) atoms. The van der Waals surface area contributed by atoms with Gasteiger partial charge in [0.05, 0.1) is 5.41 Å². The van der Waals surface area contributed by atoms with Crippen molar-refractivity contribution in [2.45, 2.75) is 64.4 Å². The molecule has 110 valence electrons. The lowest BCUT2D eigenvalue weighted by Crippen LogP contribution is -2.42. The van der Waals surface area contributed by atoms with Crippen LogP contribution in [0.3, 0.4) is 0 Å². The molecule has 1 heterocycles. The first-order chi connectivity index (χ1) is 10.0. The van der Waals surface area contributed by atoms with Gasteiger partial charge in [-0.25, -0.2) is 0 Å². The van der Waals surface area contributed by atoms with Gasteiger partial charge in [-0.15, -0.1) is 0 Å². The van der Waals surface area contributed by atoms with E-state index >= 15 is 0 Å². The molecule has 0 radical (unpaired) electrons. The zero-order valence-electron chi connectivity index (χ0n) is 13.1. The largest absolute Gasteiger partial charge is 0.488 e. The first-order valence-electron chi connectivity index (χ1n) is 8.06. The SMILES string of the molecule is CC1=CC23CCCCc4c(C)cc(C)c(c42)OC3CC1=O. The molecule has 4 rings (SSSR count). The third-order valence-electron chi connectivity index (χ3n) is 5.65. The maximum absolute atomic E-state index is 12.1. The number of carbonyl (C=O) groups is 1. The van der Waals surface area contributed by atoms with Crippen LogP contribution in [-0.4, -0.2) is 11.9 Å². The maximum atomic E-state index is 12.1. The third-order valence-corrected chi connectivity index (χ3v) is 5.65. The van der Waals surface area contributed by atoms with Crippen LogP contribution in [0.4, 0.5) is 0 Å². The van der Waals surface area contributed by atoms with Gasteiger partial charge >= 0.3 is 0 Å². The number of rotatable bonds is 0. The Morgan fingerprint density at radius 1 is 1.19 bits per heavy atom. The van der Waals surface area contributed by atoms with E-state index in [-0.39, 0.29) is 17.3 Å². The van der Waals surface area contributed by atoms with Gasteiger partial charge in [0.25, 0.3) is 0 Å². The van der Waals surface area contributed by atoms with Crippen molar-refractivity contribution >= 4 is 5.78 Å². The van der Waals surface area contributed by atoms with Crippen molar-refractivity contribution in [3.05, 3.63) is 40.0 Å². The molecule has 3 aliphatic rings. The lowest BCUT2D eigenvalue weighted by atomic mass is 9.67. The Balaban J connectivity index is 2.05. The van der Waals surface area contributed by atoms with Crippen LogP contribution in [0.25, 0.3) is 0 Å². The van der Waals surface area contributed by atoms with Gasteiger partial charge < -0.3 is 4.74 Å². The molecule has 2 unspecified atom stereocenters. The van der Waals surface area contributed by atoms with Crippen LogP contribution in [0, 0.1) is 13.8 Å². The molecule has 2 heteroatoms. The smallest absolute Gasteiger partial charge is 0.162 e. The van der Waals surface area contributed by atoms with Gasteiger partial charge in [-0.1, -0.05) is 18.6 Å². The number of benzene rings is 1. The van der Waals surface area contributed by atoms with Crippen molar-refractivity contribution in [3.8, 4) is 5.75 Å². The van der Waals surface area contributed by atoms with E-state index in [2.05, 4.69) is 26.0 Å². The number of allylic oxidation sites excluding steroid dienone is 1. The molecule has 1 spiro atoms. The number of hydrogen-bond donors (Lipinski definition) is 0. The van der Waals surface area contributed by atoms with Crippen molar-refractivity contribution < 1.29 is 9.53 Å². The number of aryl methyl sites for hydroxylation is 2. The van der Waals surface area contributed by atoms with Gasteiger partial charge in [0.15, 0.2) is 5.78 Å². The first-order valence-corrected chi connectivity index (χ1v) is 8.06. The summed E-state index contributed by atoms with van der Waals surface area (Å²) in [5, 5.41) is 0. The maximum Gasteiger partial charge on any atom is 0.162 e. The predicted molar refractivity (Wildman–Crippen MR) is 82.9 cm³/mol. The van der Waals surface area contributed by atoms with Gasteiger partial charge in [-0.2, -0.15) is 0 Å². The lowest BCUT2D eigenvalue weighted by molar-refractivity contribution is -0.118. The van der Waals surface area contributed by atoms with Crippen molar-refractivity contribution in [3.63, 3.8) is 0 Å². The minimum atomic E-state index is -0.0457. The van der Waals surface area contributed by atoms with Gasteiger partial charge in [0, 0.05) is 12.0 Å². The molecule has 0 fully saturated rings. The van der Waals surface area contributed by atoms with E-state index in [0.29, 0.717) is 6.42 Å². The number of ketones is 1. The Labute approximate surface area is 126 Å². The van der Waals surface area contributed by atoms with Crippen LogP contribution in [-0.2, 0) is 16.6 Å². The summed E-state index contributed by atoms with van der Waals surface area (Å²) in [6, 6.07) is 2.25.